The summed E-state index contributed by atoms with van der Waals surface area (Å²) < 4.78 is 0. The average Bonchev–Trinajstić information content (AvgIpc) is 1.98. The molecule has 2 heteroatoms. The molecule has 74 valence electrons. The van der Waals surface area contributed by atoms with Gasteiger partial charge in [-0.05, 0) is 24.6 Å². The molecule has 0 radical (unpaired) electrons. The van der Waals surface area contributed by atoms with E-state index in [0.29, 0.717) is 0 Å². The van der Waals surface area contributed by atoms with E-state index in [4.69, 9.17) is 0 Å². The van der Waals surface area contributed by atoms with E-state index < -0.39 is 0 Å². The molecule has 0 aromatic heterocycles. The summed E-state index contributed by atoms with van der Waals surface area (Å²) in [7, 11) is 2.20. The molecule has 0 saturated heterocycles. The SMILES string of the molecule is CCC(CS)CN(C)CC(C)C. The number of nitrogens with zero attached hydrogens (tertiary/aromatic N) is 1. The molecule has 12 heavy (non-hydrogen) atoms. The van der Waals surface area contributed by atoms with Crippen molar-refractivity contribution in [3.05, 3.63) is 0 Å². The van der Waals surface area contributed by atoms with Gasteiger partial charge in [-0.15, -0.1) is 0 Å². The quantitative estimate of drug-likeness (QED) is 0.628. The fraction of sp³-hybridized carbons (Fsp3) is 1.00. The van der Waals surface area contributed by atoms with Gasteiger partial charge in [0.15, 0.2) is 0 Å². The zero-order valence-electron chi connectivity index (χ0n) is 8.88. The van der Waals surface area contributed by atoms with Gasteiger partial charge in [-0.1, -0.05) is 27.2 Å². The monoisotopic (exact) mass is 189 g/mol. The lowest BCUT2D eigenvalue weighted by atomic mass is 10.1. The Morgan fingerprint density at radius 2 is 1.83 bits per heavy atom. The van der Waals surface area contributed by atoms with Crippen LogP contribution in [0.1, 0.15) is 27.2 Å². The molecule has 1 nitrogen and oxygen atoms in total. The standard InChI is InChI=1S/C10H23NS/c1-5-10(8-12)7-11(4)6-9(2)3/h9-10,12H,5-8H2,1-4H3. The lowest BCUT2D eigenvalue weighted by molar-refractivity contribution is 0.257. The van der Waals surface area contributed by atoms with Gasteiger partial charge in [0.25, 0.3) is 0 Å². The van der Waals surface area contributed by atoms with Crippen LogP contribution in [-0.4, -0.2) is 30.8 Å². The van der Waals surface area contributed by atoms with E-state index in [1.165, 1.54) is 19.5 Å². The summed E-state index contributed by atoms with van der Waals surface area (Å²) in [6.07, 6.45) is 1.24. The van der Waals surface area contributed by atoms with E-state index in [0.717, 1.165) is 17.6 Å². The minimum atomic E-state index is 0.761. The third-order valence-corrected chi connectivity index (χ3v) is 2.60. The van der Waals surface area contributed by atoms with Gasteiger partial charge in [0.1, 0.15) is 0 Å². The maximum absolute atomic E-state index is 4.33. The molecule has 0 fully saturated rings. The van der Waals surface area contributed by atoms with Gasteiger partial charge in [-0.25, -0.2) is 0 Å². The topological polar surface area (TPSA) is 3.24 Å². The summed E-state index contributed by atoms with van der Waals surface area (Å²) in [6.45, 7) is 9.16. The van der Waals surface area contributed by atoms with E-state index in [1.807, 2.05) is 0 Å². The molecule has 1 atom stereocenters. The highest BCUT2D eigenvalue weighted by Crippen LogP contribution is 2.07. The fourth-order valence-electron chi connectivity index (χ4n) is 1.45. The van der Waals surface area contributed by atoms with Gasteiger partial charge in [-0.2, -0.15) is 12.6 Å². The molecule has 0 aliphatic rings. The van der Waals surface area contributed by atoms with Crippen LogP contribution < -0.4 is 0 Å². The molecular formula is C10H23NS. The predicted molar refractivity (Wildman–Crippen MR) is 60.0 cm³/mol. The van der Waals surface area contributed by atoms with Crippen LogP contribution in [0.2, 0.25) is 0 Å². The molecule has 0 bridgehead atoms. The second kappa shape index (κ2) is 6.79. The minimum absolute atomic E-state index is 0.761. The van der Waals surface area contributed by atoms with E-state index in [9.17, 15) is 0 Å². The second-order valence-electron chi connectivity index (χ2n) is 4.07. The molecule has 0 aliphatic heterocycles. The molecule has 0 amide bonds. The van der Waals surface area contributed by atoms with Crippen molar-refractivity contribution in [2.45, 2.75) is 27.2 Å². The van der Waals surface area contributed by atoms with Crippen molar-refractivity contribution in [2.24, 2.45) is 11.8 Å². The Morgan fingerprint density at radius 3 is 2.17 bits per heavy atom. The van der Waals surface area contributed by atoms with Crippen LogP contribution in [0.25, 0.3) is 0 Å². The maximum Gasteiger partial charge on any atom is 0.00144 e. The van der Waals surface area contributed by atoms with Crippen LogP contribution in [0, 0.1) is 11.8 Å². The van der Waals surface area contributed by atoms with Gasteiger partial charge in [0.2, 0.25) is 0 Å². The van der Waals surface area contributed by atoms with E-state index >= 15 is 0 Å². The second-order valence-corrected chi connectivity index (χ2v) is 4.44. The third-order valence-electron chi connectivity index (χ3n) is 2.08. The van der Waals surface area contributed by atoms with E-state index in [1.54, 1.807) is 0 Å². The maximum atomic E-state index is 4.33. The van der Waals surface area contributed by atoms with Crippen molar-refractivity contribution in [1.82, 2.24) is 4.90 Å². The molecule has 0 aromatic carbocycles. The van der Waals surface area contributed by atoms with Crippen molar-refractivity contribution in [1.29, 1.82) is 0 Å². The first-order valence-electron chi connectivity index (χ1n) is 4.89. The van der Waals surface area contributed by atoms with Crippen molar-refractivity contribution in [2.75, 3.05) is 25.9 Å². The first-order chi connectivity index (χ1) is 5.60. The zero-order chi connectivity index (χ0) is 9.56. The lowest BCUT2D eigenvalue weighted by Gasteiger charge is -2.23. The normalized spacial score (nSPS) is 14.2. The number of hydrogen-bond donors (Lipinski definition) is 1. The molecule has 0 spiro atoms. The average molecular weight is 189 g/mol. The highest BCUT2D eigenvalue weighted by molar-refractivity contribution is 7.80. The Balaban J connectivity index is 3.58. The first kappa shape index (κ1) is 12.3. The molecular weight excluding hydrogens is 166 g/mol. The molecule has 1 unspecified atom stereocenters. The Morgan fingerprint density at radius 1 is 1.25 bits per heavy atom. The number of rotatable bonds is 6. The van der Waals surface area contributed by atoms with Crippen LogP contribution in [0.4, 0.5) is 0 Å². The van der Waals surface area contributed by atoms with E-state index in [-0.39, 0.29) is 0 Å². The summed E-state index contributed by atoms with van der Waals surface area (Å²) in [5.74, 6) is 2.54. The van der Waals surface area contributed by atoms with Crippen LogP contribution in [-0.2, 0) is 0 Å². The number of hydrogen-bond acceptors (Lipinski definition) is 2. The summed E-state index contributed by atoms with van der Waals surface area (Å²) in [5, 5.41) is 0. The molecule has 0 rings (SSSR count). The Labute approximate surface area is 82.9 Å². The first-order valence-corrected chi connectivity index (χ1v) is 5.52. The van der Waals surface area contributed by atoms with Crippen LogP contribution >= 0.6 is 12.6 Å². The minimum Gasteiger partial charge on any atom is -0.306 e. The van der Waals surface area contributed by atoms with Crippen LogP contribution in [0.5, 0.6) is 0 Å². The molecule has 0 heterocycles. The molecule has 0 aromatic rings. The molecule has 0 aliphatic carbocycles. The Kier molecular flexibility index (Phi) is 6.96. The van der Waals surface area contributed by atoms with Crippen molar-refractivity contribution < 1.29 is 0 Å². The van der Waals surface area contributed by atoms with Gasteiger partial charge in [0.05, 0.1) is 0 Å². The van der Waals surface area contributed by atoms with Crippen LogP contribution in [0.15, 0.2) is 0 Å². The Bertz CT molecular complexity index is 100. The predicted octanol–water partition coefficient (Wildman–Crippen LogP) is 2.53. The molecule has 0 saturated carbocycles. The van der Waals surface area contributed by atoms with Gasteiger partial charge < -0.3 is 4.90 Å². The fourth-order valence-corrected chi connectivity index (χ4v) is 1.83. The third kappa shape index (κ3) is 5.90. The van der Waals surface area contributed by atoms with Crippen molar-refractivity contribution in [3.8, 4) is 0 Å². The summed E-state index contributed by atoms with van der Waals surface area (Å²) in [5.41, 5.74) is 0. The summed E-state index contributed by atoms with van der Waals surface area (Å²) >= 11 is 4.33. The van der Waals surface area contributed by atoms with Crippen LogP contribution in [0.3, 0.4) is 0 Å². The molecule has 0 N–H and O–H groups in total. The summed E-state index contributed by atoms with van der Waals surface area (Å²) in [6, 6.07) is 0. The van der Waals surface area contributed by atoms with E-state index in [2.05, 4.69) is 45.3 Å². The smallest absolute Gasteiger partial charge is 0.00144 e. The highest BCUT2D eigenvalue weighted by Gasteiger charge is 2.08. The highest BCUT2D eigenvalue weighted by atomic mass is 32.1. The summed E-state index contributed by atoms with van der Waals surface area (Å²) in [4.78, 5) is 2.41. The van der Waals surface area contributed by atoms with Gasteiger partial charge in [-0.3, -0.25) is 0 Å². The van der Waals surface area contributed by atoms with Gasteiger partial charge in [0, 0.05) is 13.1 Å². The van der Waals surface area contributed by atoms with Gasteiger partial charge >= 0.3 is 0 Å². The number of thiol groups is 1. The van der Waals surface area contributed by atoms with Crippen molar-refractivity contribution >= 4 is 12.6 Å². The zero-order valence-corrected chi connectivity index (χ0v) is 9.77. The largest absolute Gasteiger partial charge is 0.306 e. The lowest BCUT2D eigenvalue weighted by Crippen LogP contribution is -2.29. The van der Waals surface area contributed by atoms with Crippen molar-refractivity contribution in [3.63, 3.8) is 0 Å². The Hall–Kier alpha value is 0.310.